The first-order chi connectivity index (χ1) is 9.40. The summed E-state index contributed by atoms with van der Waals surface area (Å²) in [6.07, 6.45) is 2.59. The van der Waals surface area contributed by atoms with Gasteiger partial charge in [0.2, 0.25) is 0 Å². The summed E-state index contributed by atoms with van der Waals surface area (Å²) in [6, 6.07) is 22.9. The van der Waals surface area contributed by atoms with E-state index in [4.69, 9.17) is 0 Å². The minimum atomic E-state index is 0.418. The number of nitrogens with zero attached hydrogens (tertiary/aromatic N) is 1. The van der Waals surface area contributed by atoms with Gasteiger partial charge in [0.15, 0.2) is 0 Å². The van der Waals surface area contributed by atoms with Gasteiger partial charge in [0.05, 0.1) is 6.04 Å². The van der Waals surface area contributed by atoms with Crippen LogP contribution in [0.1, 0.15) is 36.9 Å². The van der Waals surface area contributed by atoms with Crippen LogP contribution < -0.4 is 0 Å². The van der Waals surface area contributed by atoms with E-state index in [9.17, 15) is 0 Å². The first-order valence-corrected chi connectivity index (χ1v) is 7.25. The molecule has 0 N–H and O–H groups in total. The van der Waals surface area contributed by atoms with Crippen molar-refractivity contribution >= 4 is 0 Å². The summed E-state index contributed by atoms with van der Waals surface area (Å²) in [7, 11) is 0. The minimum absolute atomic E-state index is 0.418. The van der Waals surface area contributed by atoms with E-state index in [0.29, 0.717) is 6.04 Å². The third kappa shape index (κ3) is 2.43. The zero-order valence-electron chi connectivity index (χ0n) is 11.5. The van der Waals surface area contributed by atoms with Crippen molar-refractivity contribution in [3.8, 4) is 0 Å². The average Bonchev–Trinajstić information content (AvgIpc) is 2.46. The highest BCUT2D eigenvalue weighted by molar-refractivity contribution is 5.32. The van der Waals surface area contributed by atoms with Crippen molar-refractivity contribution in [1.82, 2.24) is 4.90 Å². The summed E-state index contributed by atoms with van der Waals surface area (Å²) in [6.45, 7) is 3.51. The van der Waals surface area contributed by atoms with Crippen LogP contribution in [-0.2, 0) is 0 Å². The average molecular weight is 251 g/mol. The van der Waals surface area contributed by atoms with Crippen LogP contribution in [0.2, 0.25) is 0 Å². The van der Waals surface area contributed by atoms with Gasteiger partial charge in [-0.1, -0.05) is 67.6 Å². The maximum Gasteiger partial charge on any atom is 0.0604 e. The van der Waals surface area contributed by atoms with Crippen molar-refractivity contribution < 1.29 is 0 Å². The molecular formula is C18H21N. The summed E-state index contributed by atoms with van der Waals surface area (Å²) >= 11 is 0. The molecule has 1 atom stereocenters. The Labute approximate surface area is 115 Å². The second-order valence-corrected chi connectivity index (χ2v) is 5.31. The van der Waals surface area contributed by atoms with E-state index in [0.717, 1.165) is 6.04 Å². The molecule has 98 valence electrons. The van der Waals surface area contributed by atoms with Crippen molar-refractivity contribution in [1.29, 1.82) is 0 Å². The summed E-state index contributed by atoms with van der Waals surface area (Å²) in [5.74, 6) is 0. The molecule has 1 fully saturated rings. The van der Waals surface area contributed by atoms with Gasteiger partial charge in [-0.3, -0.25) is 4.90 Å². The molecule has 1 unspecified atom stereocenters. The molecule has 0 aliphatic carbocycles. The van der Waals surface area contributed by atoms with Crippen LogP contribution in [0.15, 0.2) is 60.7 Å². The van der Waals surface area contributed by atoms with Crippen molar-refractivity contribution in [3.63, 3.8) is 0 Å². The van der Waals surface area contributed by atoms with Gasteiger partial charge in [-0.05, 0) is 24.0 Å². The summed E-state index contributed by atoms with van der Waals surface area (Å²) < 4.78 is 0. The smallest absolute Gasteiger partial charge is 0.0604 e. The lowest BCUT2D eigenvalue weighted by Gasteiger charge is -2.46. The molecule has 1 aliphatic rings. The van der Waals surface area contributed by atoms with Gasteiger partial charge in [-0.25, -0.2) is 0 Å². The van der Waals surface area contributed by atoms with E-state index in [-0.39, 0.29) is 0 Å². The highest BCUT2D eigenvalue weighted by Gasteiger charge is 2.33. The van der Waals surface area contributed by atoms with E-state index in [1.54, 1.807) is 0 Å². The van der Waals surface area contributed by atoms with Gasteiger partial charge in [0.1, 0.15) is 0 Å². The van der Waals surface area contributed by atoms with Crippen molar-refractivity contribution in [2.24, 2.45) is 0 Å². The lowest BCUT2D eigenvalue weighted by molar-refractivity contribution is 0.0548. The topological polar surface area (TPSA) is 3.24 Å². The normalized spacial score (nSPS) is 19.4. The highest BCUT2D eigenvalue weighted by Crippen LogP contribution is 2.36. The molecule has 0 amide bonds. The van der Waals surface area contributed by atoms with E-state index in [2.05, 4.69) is 72.5 Å². The fourth-order valence-corrected chi connectivity index (χ4v) is 3.09. The van der Waals surface area contributed by atoms with Crippen LogP contribution in [0, 0.1) is 0 Å². The molecule has 1 saturated heterocycles. The van der Waals surface area contributed by atoms with Crippen LogP contribution in [0.4, 0.5) is 0 Å². The maximum absolute atomic E-state index is 2.64. The molecule has 2 aromatic rings. The number of hydrogen-bond acceptors (Lipinski definition) is 1. The van der Waals surface area contributed by atoms with Crippen LogP contribution >= 0.6 is 0 Å². The Hall–Kier alpha value is -1.60. The van der Waals surface area contributed by atoms with Gasteiger partial charge in [-0.2, -0.15) is 0 Å². The Bertz CT molecular complexity index is 464. The molecular weight excluding hydrogens is 230 g/mol. The lowest BCUT2D eigenvalue weighted by atomic mass is 9.90. The van der Waals surface area contributed by atoms with Crippen LogP contribution in [-0.4, -0.2) is 17.5 Å². The number of likely N-dealkylation sites (tertiary alicyclic amines) is 1. The third-order valence-electron chi connectivity index (χ3n) is 4.22. The highest BCUT2D eigenvalue weighted by atomic mass is 15.2. The van der Waals surface area contributed by atoms with Gasteiger partial charge < -0.3 is 0 Å². The molecule has 0 radical (unpaired) electrons. The minimum Gasteiger partial charge on any atom is -0.289 e. The predicted molar refractivity (Wildman–Crippen MR) is 80.1 cm³/mol. The Kier molecular flexibility index (Phi) is 3.65. The Morgan fingerprint density at radius 2 is 1.47 bits per heavy atom. The molecule has 0 saturated carbocycles. The zero-order chi connectivity index (χ0) is 13.1. The molecule has 0 bridgehead atoms. The first-order valence-electron chi connectivity index (χ1n) is 7.25. The van der Waals surface area contributed by atoms with Gasteiger partial charge >= 0.3 is 0 Å². The fraction of sp³-hybridized carbons (Fsp3) is 0.333. The molecule has 1 nitrogen and oxygen atoms in total. The molecule has 19 heavy (non-hydrogen) atoms. The van der Waals surface area contributed by atoms with E-state index < -0.39 is 0 Å². The van der Waals surface area contributed by atoms with Gasteiger partial charge in [0, 0.05) is 12.6 Å². The number of rotatable bonds is 4. The monoisotopic (exact) mass is 251 g/mol. The third-order valence-corrected chi connectivity index (χ3v) is 4.22. The van der Waals surface area contributed by atoms with Gasteiger partial charge in [-0.15, -0.1) is 0 Å². The first kappa shape index (κ1) is 12.4. The van der Waals surface area contributed by atoms with E-state index in [1.807, 2.05) is 0 Å². The number of benzene rings is 2. The zero-order valence-corrected chi connectivity index (χ0v) is 11.5. The molecule has 0 aromatic heterocycles. The molecule has 1 heterocycles. The molecule has 1 heteroatoms. The molecule has 2 aromatic carbocycles. The Balaban J connectivity index is 1.97. The largest absolute Gasteiger partial charge is 0.289 e. The van der Waals surface area contributed by atoms with E-state index >= 15 is 0 Å². The van der Waals surface area contributed by atoms with Crippen LogP contribution in [0.3, 0.4) is 0 Å². The summed E-state index contributed by atoms with van der Waals surface area (Å²) in [4.78, 5) is 2.64. The fourth-order valence-electron chi connectivity index (χ4n) is 3.09. The molecule has 0 spiro atoms. The summed E-state index contributed by atoms with van der Waals surface area (Å²) in [5, 5.41) is 0. The predicted octanol–water partition coefficient (Wildman–Crippen LogP) is 4.26. The van der Waals surface area contributed by atoms with Crippen LogP contribution in [0.25, 0.3) is 0 Å². The summed E-state index contributed by atoms with van der Waals surface area (Å²) in [5.41, 5.74) is 2.82. The molecule has 3 rings (SSSR count). The van der Waals surface area contributed by atoms with Gasteiger partial charge in [0.25, 0.3) is 0 Å². The SMILES string of the molecule is CCC1CCN1C(c1ccccc1)c1ccccc1. The lowest BCUT2D eigenvalue weighted by Crippen LogP contribution is -2.49. The standard InChI is InChI=1S/C18H21N/c1-2-17-13-14-19(17)18(15-9-5-3-6-10-15)16-11-7-4-8-12-16/h3-12,17-18H,2,13-14H2,1H3. The maximum atomic E-state index is 2.64. The second kappa shape index (κ2) is 5.58. The van der Waals surface area contributed by atoms with Crippen molar-refractivity contribution in [2.75, 3.05) is 6.54 Å². The Morgan fingerprint density at radius 3 is 1.84 bits per heavy atom. The Morgan fingerprint density at radius 1 is 0.947 bits per heavy atom. The molecule has 1 aliphatic heterocycles. The van der Waals surface area contributed by atoms with Crippen LogP contribution in [0.5, 0.6) is 0 Å². The second-order valence-electron chi connectivity index (χ2n) is 5.31. The number of hydrogen-bond donors (Lipinski definition) is 0. The van der Waals surface area contributed by atoms with E-state index in [1.165, 1.54) is 30.5 Å². The van der Waals surface area contributed by atoms with Crippen molar-refractivity contribution in [3.05, 3.63) is 71.8 Å². The van der Waals surface area contributed by atoms with Crippen molar-refractivity contribution in [2.45, 2.75) is 31.8 Å². The quantitative estimate of drug-likeness (QED) is 0.784.